The minimum atomic E-state index is -0.612. The third kappa shape index (κ3) is 5.40. The van der Waals surface area contributed by atoms with Crippen molar-refractivity contribution < 1.29 is 4.74 Å². The molecule has 0 saturated heterocycles. The Labute approximate surface area is 419 Å². The van der Waals surface area contributed by atoms with Gasteiger partial charge >= 0.3 is 0 Å². The van der Waals surface area contributed by atoms with E-state index in [-0.39, 0.29) is 5.41 Å². The zero-order valence-corrected chi connectivity index (χ0v) is 39.9. The van der Waals surface area contributed by atoms with Crippen LogP contribution in [-0.4, -0.2) is 9.97 Å². The van der Waals surface area contributed by atoms with E-state index in [1.807, 2.05) is 6.07 Å². The highest BCUT2D eigenvalue weighted by molar-refractivity contribution is 5.97. The smallest absolute Gasteiger partial charge is 0.160 e. The van der Waals surface area contributed by atoms with Crippen LogP contribution >= 0.6 is 0 Å². The molecule has 1 aromatic heterocycles. The van der Waals surface area contributed by atoms with E-state index in [2.05, 4.69) is 250 Å². The van der Waals surface area contributed by atoms with Gasteiger partial charge in [0.25, 0.3) is 0 Å². The van der Waals surface area contributed by atoms with Crippen molar-refractivity contribution in [3.63, 3.8) is 0 Å². The van der Waals surface area contributed by atoms with Gasteiger partial charge in [-0.1, -0.05) is 232 Å². The molecule has 0 bridgehead atoms. The second-order valence-electron chi connectivity index (χ2n) is 20.3. The number of rotatable bonds is 4. The molecule has 72 heavy (non-hydrogen) atoms. The highest BCUT2D eigenvalue weighted by Gasteiger charge is 2.59. The van der Waals surface area contributed by atoms with Gasteiger partial charge in [0.05, 0.1) is 22.2 Å². The Morgan fingerprint density at radius 2 is 0.736 bits per heavy atom. The van der Waals surface area contributed by atoms with Crippen molar-refractivity contribution in [2.24, 2.45) is 0 Å². The van der Waals surface area contributed by atoms with Gasteiger partial charge in [-0.25, -0.2) is 9.97 Å². The lowest BCUT2D eigenvalue weighted by Crippen LogP contribution is -2.45. The summed E-state index contributed by atoms with van der Waals surface area (Å²) < 4.78 is 6.74. The van der Waals surface area contributed by atoms with Gasteiger partial charge in [-0.3, -0.25) is 0 Å². The SMILES string of the molecule is CC1(C)c2ccccc2-c2ccc(-c3cc(-c4ccc(-c5cccc6c5-c5ccccc5C65c6ccccc6C6(c7ccccc7Oc7ccccc76)c6ccccc65)cc4)nc(-c4ccccc4)n3)cc21. The van der Waals surface area contributed by atoms with Crippen LogP contribution in [0.5, 0.6) is 11.5 Å². The fourth-order valence-electron chi connectivity index (χ4n) is 13.4. The lowest BCUT2D eigenvalue weighted by molar-refractivity contribution is 0.429. The van der Waals surface area contributed by atoms with Crippen molar-refractivity contribution >= 4 is 0 Å². The number of para-hydroxylation sites is 2. The minimum absolute atomic E-state index is 0.122. The molecule has 11 aromatic rings. The zero-order chi connectivity index (χ0) is 47.8. The third-order valence-corrected chi connectivity index (χ3v) is 16.5. The number of fused-ring (bicyclic) bond motifs is 18. The first-order valence-electron chi connectivity index (χ1n) is 25.1. The number of ether oxygens (including phenoxy) is 1. The quantitative estimate of drug-likeness (QED) is 0.176. The highest BCUT2D eigenvalue weighted by atomic mass is 16.5. The van der Waals surface area contributed by atoms with Crippen LogP contribution in [-0.2, 0) is 16.2 Å². The summed E-state index contributed by atoms with van der Waals surface area (Å²) >= 11 is 0. The lowest BCUT2D eigenvalue weighted by Gasteiger charge is -2.51. The molecule has 0 saturated carbocycles. The van der Waals surface area contributed by atoms with Gasteiger partial charge in [0.15, 0.2) is 5.82 Å². The first-order valence-corrected chi connectivity index (χ1v) is 25.1. The molecule has 10 aromatic carbocycles. The van der Waals surface area contributed by atoms with Crippen LogP contribution in [0.25, 0.3) is 67.3 Å². The Kier molecular flexibility index (Phi) is 8.55. The Bertz CT molecular complexity index is 3960. The monoisotopic (exact) mass is 918 g/mol. The standard InChI is InChI=1S/C69H46N2O/c1-67(2)51-24-8-6-21-48(51)49-40-39-46(41-60(49)67)62-42-61(70-66(71-62)45-19-4-3-5-20-45)44-37-35-43(36-38-44)47-23-18-32-59-65(47)50-22-7-9-25-52(50)68(59)53-26-10-12-28-55(53)69(56-29-13-11-27-54(56)68)57-30-14-16-33-63(57)72-64-34-17-15-31-58(64)69/h3-42H,1-2H3. The molecule has 0 amide bonds. The van der Waals surface area contributed by atoms with E-state index in [0.29, 0.717) is 5.82 Å². The molecule has 0 radical (unpaired) electrons. The maximum Gasteiger partial charge on any atom is 0.160 e. The largest absolute Gasteiger partial charge is 0.457 e. The van der Waals surface area contributed by atoms with Crippen LogP contribution in [0.1, 0.15) is 69.5 Å². The number of benzene rings is 10. The van der Waals surface area contributed by atoms with Crippen molar-refractivity contribution in [2.45, 2.75) is 30.1 Å². The molecule has 0 atom stereocenters. The third-order valence-electron chi connectivity index (χ3n) is 16.5. The summed E-state index contributed by atoms with van der Waals surface area (Å²) in [5, 5.41) is 0. The van der Waals surface area contributed by atoms with E-state index in [0.717, 1.165) is 56.3 Å². The van der Waals surface area contributed by atoms with Crippen LogP contribution < -0.4 is 4.74 Å². The predicted molar refractivity (Wildman–Crippen MR) is 291 cm³/mol. The van der Waals surface area contributed by atoms with E-state index < -0.39 is 10.8 Å². The molecule has 15 rings (SSSR count). The first-order chi connectivity index (χ1) is 35.5. The minimum Gasteiger partial charge on any atom is -0.457 e. The second-order valence-corrected chi connectivity index (χ2v) is 20.3. The zero-order valence-electron chi connectivity index (χ0n) is 39.9. The number of aromatic nitrogens is 2. The van der Waals surface area contributed by atoms with E-state index in [1.54, 1.807) is 0 Å². The molecule has 2 spiro atoms. The molecule has 4 aliphatic rings. The molecular weight excluding hydrogens is 873 g/mol. The molecule has 0 N–H and O–H groups in total. The van der Waals surface area contributed by atoms with Gasteiger partial charge in [0.2, 0.25) is 0 Å². The number of hydrogen-bond acceptors (Lipinski definition) is 3. The average molecular weight is 919 g/mol. The Morgan fingerprint density at radius 3 is 1.38 bits per heavy atom. The molecule has 0 fully saturated rings. The van der Waals surface area contributed by atoms with Crippen molar-refractivity contribution in [1.82, 2.24) is 9.97 Å². The maximum absolute atomic E-state index is 6.74. The lowest BCUT2D eigenvalue weighted by atomic mass is 9.51. The Morgan fingerprint density at radius 1 is 0.292 bits per heavy atom. The van der Waals surface area contributed by atoms with E-state index in [4.69, 9.17) is 14.7 Å². The maximum atomic E-state index is 6.74. The Balaban J connectivity index is 0.895. The molecule has 3 heteroatoms. The van der Waals surface area contributed by atoms with E-state index in [9.17, 15) is 0 Å². The van der Waals surface area contributed by atoms with Gasteiger partial charge in [-0.05, 0) is 102 Å². The summed E-state index contributed by atoms with van der Waals surface area (Å²) in [6.07, 6.45) is 0. The molecule has 338 valence electrons. The van der Waals surface area contributed by atoms with Crippen LogP contribution in [0.3, 0.4) is 0 Å². The van der Waals surface area contributed by atoms with Crippen LogP contribution in [0.15, 0.2) is 243 Å². The van der Waals surface area contributed by atoms with Crippen molar-refractivity contribution in [3.05, 3.63) is 298 Å². The number of nitrogens with zero attached hydrogens (tertiary/aromatic N) is 2. The highest BCUT2D eigenvalue weighted by Crippen LogP contribution is 2.67. The molecular formula is C69H46N2O. The summed E-state index contributed by atoms with van der Waals surface area (Å²) in [5.74, 6) is 2.49. The predicted octanol–water partition coefficient (Wildman–Crippen LogP) is 16.6. The molecule has 3 nitrogen and oxygen atoms in total. The molecule has 3 aliphatic carbocycles. The van der Waals surface area contributed by atoms with Crippen molar-refractivity contribution in [1.29, 1.82) is 0 Å². The van der Waals surface area contributed by atoms with Gasteiger partial charge in [0, 0.05) is 33.2 Å². The van der Waals surface area contributed by atoms with Gasteiger partial charge in [0.1, 0.15) is 11.5 Å². The van der Waals surface area contributed by atoms with Crippen LogP contribution in [0, 0.1) is 0 Å². The molecule has 2 heterocycles. The summed E-state index contributed by atoms with van der Waals surface area (Å²) in [4.78, 5) is 10.5. The first kappa shape index (κ1) is 40.9. The summed E-state index contributed by atoms with van der Waals surface area (Å²) in [6, 6.07) is 89.0. The van der Waals surface area contributed by atoms with Gasteiger partial charge in [-0.15, -0.1) is 0 Å². The van der Waals surface area contributed by atoms with Crippen LogP contribution in [0.4, 0.5) is 0 Å². The topological polar surface area (TPSA) is 35.0 Å². The number of hydrogen-bond donors (Lipinski definition) is 0. The Hall–Kier alpha value is -8.92. The summed E-state index contributed by atoms with van der Waals surface area (Å²) in [6.45, 7) is 4.66. The fraction of sp³-hybridized carbons (Fsp3) is 0.0725. The average Bonchev–Trinajstić information content (AvgIpc) is 3.88. The fourth-order valence-corrected chi connectivity index (χ4v) is 13.4. The van der Waals surface area contributed by atoms with Gasteiger partial charge < -0.3 is 4.74 Å². The van der Waals surface area contributed by atoms with Crippen molar-refractivity contribution in [3.8, 4) is 78.8 Å². The summed E-state index contributed by atoms with van der Waals surface area (Å²) in [7, 11) is 0. The van der Waals surface area contributed by atoms with E-state index in [1.165, 1.54) is 72.3 Å². The molecule has 0 unspecified atom stereocenters. The van der Waals surface area contributed by atoms with Gasteiger partial charge in [-0.2, -0.15) is 0 Å². The second kappa shape index (κ2) is 15.0. The van der Waals surface area contributed by atoms with Crippen molar-refractivity contribution in [2.75, 3.05) is 0 Å². The van der Waals surface area contributed by atoms with E-state index >= 15 is 0 Å². The summed E-state index contributed by atoms with van der Waals surface area (Å²) in [5.41, 5.74) is 23.8. The molecule has 1 aliphatic heterocycles. The van der Waals surface area contributed by atoms with Crippen LogP contribution in [0.2, 0.25) is 0 Å². The normalized spacial score (nSPS) is 15.0.